The fourth-order valence-electron chi connectivity index (χ4n) is 2.70. The lowest BCUT2D eigenvalue weighted by molar-refractivity contribution is -0.146. The molecule has 2 atom stereocenters. The van der Waals surface area contributed by atoms with E-state index in [2.05, 4.69) is 26.1 Å². The van der Waals surface area contributed by atoms with E-state index >= 15 is 0 Å². The number of nitrogens with two attached hydrogens (primary N) is 1. The Morgan fingerprint density at radius 2 is 1.96 bits per heavy atom. The number of unbranched alkanes of at least 4 members (excludes halogenated alkanes) is 1. The Morgan fingerprint density at radius 3 is 2.52 bits per heavy atom. The number of carbonyl (C=O) groups excluding carboxylic acids is 1. The SMILES string of the molecule is CC=C(N[C@@H](Cc1ccccc1)C(=O)OCCCC)[C@@H](N)CC(C)C. The van der Waals surface area contributed by atoms with Crippen LogP contribution in [0.5, 0.6) is 0 Å². The molecular weight excluding hydrogens is 312 g/mol. The van der Waals surface area contributed by atoms with E-state index in [1.807, 2.05) is 43.3 Å². The molecule has 0 saturated heterocycles. The number of carbonyl (C=O) groups is 1. The van der Waals surface area contributed by atoms with Crippen LogP contribution in [-0.2, 0) is 16.0 Å². The topological polar surface area (TPSA) is 64.3 Å². The molecule has 140 valence electrons. The third kappa shape index (κ3) is 8.21. The number of rotatable bonds is 11. The first-order chi connectivity index (χ1) is 12.0. The van der Waals surface area contributed by atoms with Crippen LogP contribution in [0.15, 0.2) is 42.1 Å². The van der Waals surface area contributed by atoms with Gasteiger partial charge in [0.05, 0.1) is 6.61 Å². The second-order valence-corrected chi connectivity index (χ2v) is 6.89. The first-order valence-electron chi connectivity index (χ1n) is 9.36. The first kappa shape index (κ1) is 21.2. The number of nitrogens with one attached hydrogen (secondary N) is 1. The van der Waals surface area contributed by atoms with Gasteiger partial charge < -0.3 is 15.8 Å². The lowest BCUT2D eigenvalue weighted by atomic mass is 10.00. The Bertz CT molecular complexity index is 526. The lowest BCUT2D eigenvalue weighted by Gasteiger charge is -2.25. The van der Waals surface area contributed by atoms with Crippen LogP contribution >= 0.6 is 0 Å². The summed E-state index contributed by atoms with van der Waals surface area (Å²) in [5.41, 5.74) is 8.31. The summed E-state index contributed by atoms with van der Waals surface area (Å²) >= 11 is 0. The molecule has 1 aromatic carbocycles. The van der Waals surface area contributed by atoms with Gasteiger partial charge in [-0.15, -0.1) is 0 Å². The standard InChI is InChI=1S/C21H34N2O2/c1-5-7-13-25-21(24)20(15-17-11-9-8-10-12-17)23-19(6-2)18(22)14-16(3)4/h6,8-12,16,18,20,23H,5,7,13-15,22H2,1-4H3/t18-,20-/m0/s1. The van der Waals surface area contributed by atoms with Gasteiger partial charge in [-0.3, -0.25) is 0 Å². The minimum Gasteiger partial charge on any atom is -0.464 e. The normalized spacial score (nSPS) is 14.2. The highest BCUT2D eigenvalue weighted by atomic mass is 16.5. The molecule has 0 fully saturated rings. The predicted molar refractivity (Wildman–Crippen MR) is 104 cm³/mol. The van der Waals surface area contributed by atoms with Crippen molar-refractivity contribution in [3.63, 3.8) is 0 Å². The van der Waals surface area contributed by atoms with E-state index in [0.717, 1.165) is 30.5 Å². The van der Waals surface area contributed by atoms with E-state index in [-0.39, 0.29) is 12.0 Å². The van der Waals surface area contributed by atoms with Crippen molar-refractivity contribution in [2.75, 3.05) is 6.61 Å². The Morgan fingerprint density at radius 1 is 1.28 bits per heavy atom. The highest BCUT2D eigenvalue weighted by molar-refractivity contribution is 5.76. The van der Waals surface area contributed by atoms with Crippen molar-refractivity contribution in [3.05, 3.63) is 47.7 Å². The molecule has 0 spiro atoms. The van der Waals surface area contributed by atoms with Crippen LogP contribution in [0.4, 0.5) is 0 Å². The molecule has 0 radical (unpaired) electrons. The summed E-state index contributed by atoms with van der Waals surface area (Å²) in [4.78, 5) is 12.6. The molecule has 1 rings (SSSR count). The van der Waals surface area contributed by atoms with Crippen LogP contribution in [0.1, 0.15) is 52.5 Å². The molecule has 0 unspecified atom stereocenters. The maximum Gasteiger partial charge on any atom is 0.328 e. The highest BCUT2D eigenvalue weighted by Crippen LogP contribution is 2.12. The Labute approximate surface area is 152 Å². The maximum atomic E-state index is 12.6. The molecule has 0 aliphatic carbocycles. The molecule has 0 saturated carbocycles. The van der Waals surface area contributed by atoms with E-state index < -0.39 is 6.04 Å². The number of allylic oxidation sites excluding steroid dienone is 1. The molecule has 0 bridgehead atoms. The van der Waals surface area contributed by atoms with Crippen molar-refractivity contribution in [2.45, 2.75) is 65.5 Å². The van der Waals surface area contributed by atoms with E-state index in [1.54, 1.807) is 0 Å². The molecule has 0 aliphatic heterocycles. The van der Waals surface area contributed by atoms with Gasteiger partial charge in [-0.2, -0.15) is 0 Å². The largest absolute Gasteiger partial charge is 0.464 e. The second kappa shape index (κ2) is 11.7. The summed E-state index contributed by atoms with van der Waals surface area (Å²) in [5.74, 6) is 0.282. The van der Waals surface area contributed by atoms with Gasteiger partial charge in [0.1, 0.15) is 6.04 Å². The summed E-state index contributed by atoms with van der Waals surface area (Å²) < 4.78 is 5.45. The van der Waals surface area contributed by atoms with E-state index in [4.69, 9.17) is 10.5 Å². The molecule has 0 amide bonds. The lowest BCUT2D eigenvalue weighted by Crippen LogP contribution is -2.44. The van der Waals surface area contributed by atoms with Crippen LogP contribution in [0, 0.1) is 5.92 Å². The summed E-state index contributed by atoms with van der Waals surface area (Å²) in [6.45, 7) is 8.79. The van der Waals surface area contributed by atoms with Crippen LogP contribution in [0.25, 0.3) is 0 Å². The van der Waals surface area contributed by atoms with Crippen LogP contribution < -0.4 is 11.1 Å². The summed E-state index contributed by atoms with van der Waals surface area (Å²) in [6, 6.07) is 9.46. The van der Waals surface area contributed by atoms with Gasteiger partial charge in [0.15, 0.2) is 0 Å². The monoisotopic (exact) mass is 346 g/mol. The molecule has 25 heavy (non-hydrogen) atoms. The third-order valence-electron chi connectivity index (χ3n) is 4.09. The van der Waals surface area contributed by atoms with Crippen molar-refractivity contribution < 1.29 is 9.53 Å². The summed E-state index contributed by atoms with van der Waals surface area (Å²) in [6.07, 6.45) is 5.30. The van der Waals surface area contributed by atoms with Crippen molar-refractivity contribution in [1.29, 1.82) is 0 Å². The summed E-state index contributed by atoms with van der Waals surface area (Å²) in [7, 11) is 0. The Kier molecular flexibility index (Phi) is 9.93. The van der Waals surface area contributed by atoms with Crippen molar-refractivity contribution in [2.24, 2.45) is 11.7 Å². The van der Waals surface area contributed by atoms with Crippen LogP contribution in [0.2, 0.25) is 0 Å². The van der Waals surface area contributed by atoms with E-state index in [9.17, 15) is 4.79 Å². The number of ether oxygens (including phenoxy) is 1. The van der Waals surface area contributed by atoms with Gasteiger partial charge in [-0.1, -0.05) is 63.6 Å². The van der Waals surface area contributed by atoms with Crippen molar-refractivity contribution in [1.82, 2.24) is 5.32 Å². The average Bonchev–Trinajstić information content (AvgIpc) is 2.58. The first-order valence-corrected chi connectivity index (χ1v) is 9.36. The molecule has 3 N–H and O–H groups in total. The van der Waals surface area contributed by atoms with Gasteiger partial charge >= 0.3 is 5.97 Å². The van der Waals surface area contributed by atoms with E-state index in [0.29, 0.717) is 18.9 Å². The number of benzene rings is 1. The molecule has 4 heteroatoms. The summed E-state index contributed by atoms with van der Waals surface area (Å²) in [5, 5.41) is 3.35. The molecule has 0 aromatic heterocycles. The van der Waals surface area contributed by atoms with Gasteiger partial charge in [0, 0.05) is 18.2 Å². The number of hydrogen-bond donors (Lipinski definition) is 2. The van der Waals surface area contributed by atoms with Crippen molar-refractivity contribution in [3.8, 4) is 0 Å². The van der Waals surface area contributed by atoms with Gasteiger partial charge in [-0.05, 0) is 31.2 Å². The van der Waals surface area contributed by atoms with Gasteiger partial charge in [0.25, 0.3) is 0 Å². The zero-order valence-electron chi connectivity index (χ0n) is 16.1. The van der Waals surface area contributed by atoms with Crippen LogP contribution in [0.3, 0.4) is 0 Å². The molecule has 4 nitrogen and oxygen atoms in total. The zero-order valence-corrected chi connectivity index (χ0v) is 16.1. The zero-order chi connectivity index (χ0) is 18.7. The number of esters is 1. The Balaban J connectivity index is 2.83. The van der Waals surface area contributed by atoms with Gasteiger partial charge in [0.2, 0.25) is 0 Å². The molecule has 1 aromatic rings. The number of hydrogen-bond acceptors (Lipinski definition) is 4. The molecule has 0 aliphatic rings. The van der Waals surface area contributed by atoms with Crippen LogP contribution in [-0.4, -0.2) is 24.7 Å². The Hall–Kier alpha value is -1.81. The minimum absolute atomic E-state index is 0.105. The average molecular weight is 347 g/mol. The quantitative estimate of drug-likeness (QED) is 0.472. The fraction of sp³-hybridized carbons (Fsp3) is 0.571. The smallest absolute Gasteiger partial charge is 0.328 e. The highest BCUT2D eigenvalue weighted by Gasteiger charge is 2.23. The molecular formula is C21H34N2O2. The molecule has 0 heterocycles. The van der Waals surface area contributed by atoms with Crippen molar-refractivity contribution >= 4 is 5.97 Å². The minimum atomic E-state index is -0.427. The second-order valence-electron chi connectivity index (χ2n) is 6.89. The third-order valence-corrected chi connectivity index (χ3v) is 4.09. The fourth-order valence-corrected chi connectivity index (χ4v) is 2.70. The van der Waals surface area contributed by atoms with Gasteiger partial charge in [-0.25, -0.2) is 4.79 Å². The maximum absolute atomic E-state index is 12.6. The predicted octanol–water partition coefficient (Wildman–Crippen LogP) is 3.81. The van der Waals surface area contributed by atoms with E-state index in [1.165, 1.54) is 0 Å².